The van der Waals surface area contributed by atoms with Gasteiger partial charge in [-0.3, -0.25) is 0 Å². The number of benzene rings is 2. The van der Waals surface area contributed by atoms with Gasteiger partial charge in [-0.25, -0.2) is 4.39 Å². The minimum Gasteiger partial charge on any atom is -0.207 e. The molecule has 0 heterocycles. The zero-order valence-electron chi connectivity index (χ0n) is 15.5. The smallest absolute Gasteiger partial charge is 0.123 e. The SMILES string of the molecule is CCCCCCc1ccc([C@H]2CC[C@H](c3ccc(F)cc3)CC2)cc1. The minimum absolute atomic E-state index is 0.132. The molecule has 1 saturated carbocycles. The molecule has 0 unspecified atom stereocenters. The second-order valence-electron chi connectivity index (χ2n) is 7.65. The summed E-state index contributed by atoms with van der Waals surface area (Å²) < 4.78 is 13.1. The summed E-state index contributed by atoms with van der Waals surface area (Å²) in [7, 11) is 0. The van der Waals surface area contributed by atoms with Gasteiger partial charge < -0.3 is 0 Å². The normalized spacial score (nSPS) is 20.6. The Kier molecular flexibility index (Phi) is 6.67. The van der Waals surface area contributed by atoms with Gasteiger partial charge in [0, 0.05) is 0 Å². The van der Waals surface area contributed by atoms with Gasteiger partial charge in [-0.1, -0.05) is 62.6 Å². The Morgan fingerprint density at radius 1 is 0.720 bits per heavy atom. The molecule has 1 fully saturated rings. The predicted molar refractivity (Wildman–Crippen MR) is 105 cm³/mol. The van der Waals surface area contributed by atoms with E-state index in [-0.39, 0.29) is 5.82 Å². The Balaban J connectivity index is 1.50. The van der Waals surface area contributed by atoms with Crippen molar-refractivity contribution >= 4 is 0 Å². The lowest BCUT2D eigenvalue weighted by atomic mass is 9.76. The van der Waals surface area contributed by atoms with Gasteiger partial charge in [0.05, 0.1) is 0 Å². The van der Waals surface area contributed by atoms with E-state index in [1.807, 2.05) is 12.1 Å². The lowest BCUT2D eigenvalue weighted by Gasteiger charge is -2.29. The monoisotopic (exact) mass is 338 g/mol. The van der Waals surface area contributed by atoms with E-state index < -0.39 is 0 Å². The molecule has 2 aromatic rings. The Morgan fingerprint density at radius 2 is 1.24 bits per heavy atom. The second-order valence-corrected chi connectivity index (χ2v) is 7.65. The van der Waals surface area contributed by atoms with Crippen LogP contribution in [0.3, 0.4) is 0 Å². The first-order valence-corrected chi connectivity index (χ1v) is 10.1. The van der Waals surface area contributed by atoms with E-state index >= 15 is 0 Å². The van der Waals surface area contributed by atoms with Gasteiger partial charge in [0.2, 0.25) is 0 Å². The summed E-state index contributed by atoms with van der Waals surface area (Å²) >= 11 is 0. The molecular weight excluding hydrogens is 307 g/mol. The maximum absolute atomic E-state index is 13.1. The molecule has 1 aliphatic carbocycles. The third kappa shape index (κ3) is 5.17. The highest BCUT2D eigenvalue weighted by Gasteiger charge is 2.23. The Labute approximate surface area is 152 Å². The Bertz CT molecular complexity index is 618. The summed E-state index contributed by atoms with van der Waals surface area (Å²) in [5.41, 5.74) is 4.30. The van der Waals surface area contributed by atoms with Crippen molar-refractivity contribution in [1.29, 1.82) is 0 Å². The van der Waals surface area contributed by atoms with E-state index in [9.17, 15) is 4.39 Å². The number of unbranched alkanes of at least 4 members (excludes halogenated alkanes) is 3. The summed E-state index contributed by atoms with van der Waals surface area (Å²) in [6.45, 7) is 2.26. The van der Waals surface area contributed by atoms with Crippen molar-refractivity contribution in [1.82, 2.24) is 0 Å². The molecule has 2 aromatic carbocycles. The van der Waals surface area contributed by atoms with E-state index in [1.54, 1.807) is 12.1 Å². The van der Waals surface area contributed by atoms with Crippen LogP contribution in [0.2, 0.25) is 0 Å². The number of hydrogen-bond acceptors (Lipinski definition) is 0. The van der Waals surface area contributed by atoms with Gasteiger partial charge in [0.1, 0.15) is 5.82 Å². The lowest BCUT2D eigenvalue weighted by Crippen LogP contribution is -2.12. The first-order chi connectivity index (χ1) is 12.3. The van der Waals surface area contributed by atoms with Crippen LogP contribution in [0.5, 0.6) is 0 Å². The molecule has 0 N–H and O–H groups in total. The fourth-order valence-electron chi connectivity index (χ4n) is 4.21. The van der Waals surface area contributed by atoms with Gasteiger partial charge >= 0.3 is 0 Å². The molecule has 0 aliphatic heterocycles. The molecule has 0 radical (unpaired) electrons. The summed E-state index contributed by atoms with van der Waals surface area (Å²) in [6.07, 6.45) is 11.5. The largest absolute Gasteiger partial charge is 0.207 e. The van der Waals surface area contributed by atoms with Gasteiger partial charge in [-0.05, 0) is 79.2 Å². The first kappa shape index (κ1) is 18.2. The average Bonchev–Trinajstić information content (AvgIpc) is 2.67. The third-order valence-electron chi connectivity index (χ3n) is 5.84. The van der Waals surface area contributed by atoms with Crippen molar-refractivity contribution in [2.75, 3.05) is 0 Å². The molecule has 0 bridgehead atoms. The minimum atomic E-state index is -0.132. The number of aryl methyl sites for hydroxylation is 1. The Hall–Kier alpha value is -1.63. The van der Waals surface area contributed by atoms with E-state index in [1.165, 1.54) is 74.5 Å². The fraction of sp³-hybridized carbons (Fsp3) is 0.500. The maximum atomic E-state index is 13.1. The average molecular weight is 339 g/mol. The highest BCUT2D eigenvalue weighted by Crippen LogP contribution is 2.40. The molecule has 134 valence electrons. The van der Waals surface area contributed by atoms with Crippen molar-refractivity contribution < 1.29 is 4.39 Å². The van der Waals surface area contributed by atoms with Crippen LogP contribution in [0.4, 0.5) is 4.39 Å². The van der Waals surface area contributed by atoms with E-state index in [0.717, 1.165) is 0 Å². The quantitative estimate of drug-likeness (QED) is 0.462. The van der Waals surface area contributed by atoms with Crippen LogP contribution in [-0.4, -0.2) is 0 Å². The van der Waals surface area contributed by atoms with Gasteiger partial charge in [-0.15, -0.1) is 0 Å². The highest BCUT2D eigenvalue weighted by molar-refractivity contribution is 5.27. The molecule has 0 amide bonds. The maximum Gasteiger partial charge on any atom is 0.123 e. The van der Waals surface area contributed by atoms with Crippen molar-refractivity contribution in [3.8, 4) is 0 Å². The standard InChI is InChI=1S/C24H31F/c1-2-3-4-5-6-19-7-9-20(10-8-19)21-11-13-22(14-12-21)23-15-17-24(25)18-16-23/h7-10,15-18,21-22H,2-6,11-14H2,1H3/t21-,22-. The second kappa shape index (κ2) is 9.17. The van der Waals surface area contributed by atoms with E-state index in [4.69, 9.17) is 0 Å². The van der Waals surface area contributed by atoms with Crippen molar-refractivity contribution in [2.24, 2.45) is 0 Å². The molecule has 3 rings (SSSR count). The number of rotatable bonds is 7. The van der Waals surface area contributed by atoms with E-state index in [0.29, 0.717) is 11.8 Å². The lowest BCUT2D eigenvalue weighted by molar-refractivity contribution is 0.396. The van der Waals surface area contributed by atoms with Crippen LogP contribution >= 0.6 is 0 Å². The summed E-state index contributed by atoms with van der Waals surface area (Å²) in [5, 5.41) is 0. The van der Waals surface area contributed by atoms with E-state index in [2.05, 4.69) is 31.2 Å². The molecule has 1 aliphatic rings. The number of halogens is 1. The number of hydrogen-bond donors (Lipinski definition) is 0. The molecule has 0 aromatic heterocycles. The molecule has 25 heavy (non-hydrogen) atoms. The molecule has 0 atom stereocenters. The van der Waals surface area contributed by atoms with Gasteiger partial charge in [0.15, 0.2) is 0 Å². The van der Waals surface area contributed by atoms with Crippen LogP contribution in [0.25, 0.3) is 0 Å². The van der Waals surface area contributed by atoms with Gasteiger partial charge in [0.25, 0.3) is 0 Å². The molecular formula is C24H31F. The van der Waals surface area contributed by atoms with Crippen LogP contribution in [-0.2, 0) is 6.42 Å². The van der Waals surface area contributed by atoms with Crippen molar-refractivity contribution in [2.45, 2.75) is 76.5 Å². The van der Waals surface area contributed by atoms with Crippen molar-refractivity contribution in [3.63, 3.8) is 0 Å². The summed E-state index contributed by atoms with van der Waals surface area (Å²) in [4.78, 5) is 0. The Morgan fingerprint density at radius 3 is 1.76 bits per heavy atom. The molecule has 1 heteroatoms. The predicted octanol–water partition coefficient (Wildman–Crippen LogP) is 7.39. The highest BCUT2D eigenvalue weighted by atomic mass is 19.1. The van der Waals surface area contributed by atoms with Crippen LogP contribution in [0.1, 0.15) is 86.8 Å². The topological polar surface area (TPSA) is 0 Å². The van der Waals surface area contributed by atoms with Crippen LogP contribution < -0.4 is 0 Å². The molecule has 0 nitrogen and oxygen atoms in total. The molecule has 0 saturated heterocycles. The zero-order valence-corrected chi connectivity index (χ0v) is 15.5. The zero-order chi connectivity index (χ0) is 17.5. The molecule has 0 spiro atoms. The third-order valence-corrected chi connectivity index (χ3v) is 5.84. The van der Waals surface area contributed by atoms with Crippen molar-refractivity contribution in [3.05, 3.63) is 71.0 Å². The summed E-state index contributed by atoms with van der Waals surface area (Å²) in [6, 6.07) is 16.5. The first-order valence-electron chi connectivity index (χ1n) is 10.1. The van der Waals surface area contributed by atoms with Crippen LogP contribution in [0.15, 0.2) is 48.5 Å². The van der Waals surface area contributed by atoms with Gasteiger partial charge in [-0.2, -0.15) is 0 Å². The summed E-state index contributed by atoms with van der Waals surface area (Å²) in [5.74, 6) is 1.17. The van der Waals surface area contributed by atoms with Crippen LogP contribution in [0, 0.1) is 5.82 Å². The fourth-order valence-corrected chi connectivity index (χ4v) is 4.21.